The van der Waals surface area contributed by atoms with Gasteiger partial charge in [0.05, 0.1) is 11.9 Å². The zero-order valence-electron chi connectivity index (χ0n) is 17.8. The van der Waals surface area contributed by atoms with Gasteiger partial charge in [0.25, 0.3) is 0 Å². The van der Waals surface area contributed by atoms with E-state index in [0.717, 1.165) is 29.9 Å². The summed E-state index contributed by atoms with van der Waals surface area (Å²) in [7, 11) is 0. The first-order valence-electron chi connectivity index (χ1n) is 9.90. The number of hydrogen-bond donors (Lipinski definition) is 0. The predicted octanol–water partition coefficient (Wildman–Crippen LogP) is 4.10. The van der Waals surface area contributed by atoms with Gasteiger partial charge in [-0.3, -0.25) is 4.98 Å². The van der Waals surface area contributed by atoms with Crippen LogP contribution in [-0.2, 0) is 4.74 Å². The molecule has 3 rings (SSSR count). The van der Waals surface area contributed by atoms with Gasteiger partial charge in [0.15, 0.2) is 0 Å². The fraction of sp³-hybridized carbons (Fsp3) is 0.455. The van der Waals surface area contributed by atoms with Crippen LogP contribution in [0.1, 0.15) is 40.3 Å². The van der Waals surface area contributed by atoms with Gasteiger partial charge in [0.1, 0.15) is 17.4 Å². The van der Waals surface area contributed by atoms with E-state index in [9.17, 15) is 4.79 Å². The van der Waals surface area contributed by atoms with E-state index in [1.807, 2.05) is 53.0 Å². The van der Waals surface area contributed by atoms with E-state index in [1.54, 1.807) is 23.4 Å². The molecule has 1 saturated heterocycles. The number of rotatable bonds is 2. The van der Waals surface area contributed by atoms with Gasteiger partial charge in [-0.25, -0.2) is 9.78 Å². The highest BCUT2D eigenvalue weighted by Crippen LogP contribution is 2.24. The highest BCUT2D eigenvalue weighted by molar-refractivity contribution is 5.69. The van der Waals surface area contributed by atoms with Crippen molar-refractivity contribution in [3.05, 3.63) is 42.5 Å². The van der Waals surface area contributed by atoms with Crippen LogP contribution in [0.2, 0.25) is 0 Å². The molecule has 0 bridgehead atoms. The van der Waals surface area contributed by atoms with Crippen LogP contribution in [0.4, 0.5) is 10.5 Å². The van der Waals surface area contributed by atoms with Crippen molar-refractivity contribution >= 4 is 11.8 Å². The Morgan fingerprint density at radius 2 is 1.76 bits per heavy atom. The molecule has 7 heteroatoms. The van der Waals surface area contributed by atoms with E-state index < -0.39 is 5.60 Å². The topological polar surface area (TPSA) is 82.4 Å². The quantitative estimate of drug-likeness (QED) is 0.761. The highest BCUT2D eigenvalue weighted by Gasteiger charge is 2.26. The normalized spacial score (nSPS) is 13.8. The number of piperazine rings is 1. The zero-order valence-corrected chi connectivity index (χ0v) is 17.8. The Balaban J connectivity index is 0.00000145. The first kappa shape index (κ1) is 22.2. The number of nitriles is 1. The Bertz CT molecular complexity index is 845. The number of anilines is 1. The van der Waals surface area contributed by atoms with E-state index in [1.165, 1.54) is 0 Å². The third-order valence-corrected chi connectivity index (χ3v) is 4.23. The van der Waals surface area contributed by atoms with Gasteiger partial charge in [0.2, 0.25) is 0 Å². The lowest BCUT2D eigenvalue weighted by Crippen LogP contribution is -2.50. The molecule has 7 nitrogen and oxygen atoms in total. The zero-order chi connectivity index (χ0) is 21.4. The first-order chi connectivity index (χ1) is 13.9. The van der Waals surface area contributed by atoms with Crippen LogP contribution < -0.4 is 4.90 Å². The molecular weight excluding hydrogens is 366 g/mol. The fourth-order valence-corrected chi connectivity index (χ4v) is 2.86. The van der Waals surface area contributed by atoms with Crippen molar-refractivity contribution in [3.63, 3.8) is 0 Å². The Labute approximate surface area is 172 Å². The third-order valence-electron chi connectivity index (χ3n) is 4.23. The second-order valence-electron chi connectivity index (χ2n) is 7.43. The number of carbonyl (C=O) groups is 1. The number of carbonyl (C=O) groups excluding carboxylic acids is 1. The van der Waals surface area contributed by atoms with Crippen molar-refractivity contribution in [3.8, 4) is 17.2 Å². The SMILES string of the molecule is CC.CC(C)(C)OC(=O)N1CCN(c2cncc(-c3ccc(C#N)nc3)c2)CC1. The molecular formula is C22H29N5O2. The van der Waals surface area contributed by atoms with Crippen LogP contribution in [0, 0.1) is 11.3 Å². The van der Waals surface area contributed by atoms with Gasteiger partial charge < -0.3 is 14.5 Å². The summed E-state index contributed by atoms with van der Waals surface area (Å²) in [6.07, 6.45) is 5.02. The van der Waals surface area contributed by atoms with Gasteiger partial charge in [-0.2, -0.15) is 5.26 Å². The maximum Gasteiger partial charge on any atom is 0.410 e. The van der Waals surface area contributed by atoms with E-state index in [4.69, 9.17) is 10.00 Å². The van der Waals surface area contributed by atoms with Crippen LogP contribution in [0.5, 0.6) is 0 Å². The molecule has 1 aliphatic heterocycles. The van der Waals surface area contributed by atoms with E-state index in [-0.39, 0.29) is 6.09 Å². The lowest BCUT2D eigenvalue weighted by Gasteiger charge is -2.36. The molecule has 3 heterocycles. The summed E-state index contributed by atoms with van der Waals surface area (Å²) in [5.74, 6) is 0. The second kappa shape index (κ2) is 9.87. The molecule has 0 aliphatic carbocycles. The van der Waals surface area contributed by atoms with Gasteiger partial charge in [-0.05, 0) is 39.0 Å². The Hall–Kier alpha value is -3.14. The molecule has 0 N–H and O–H groups in total. The summed E-state index contributed by atoms with van der Waals surface area (Å²) in [6.45, 7) is 12.3. The first-order valence-corrected chi connectivity index (χ1v) is 9.90. The minimum absolute atomic E-state index is 0.266. The molecule has 0 unspecified atom stereocenters. The van der Waals surface area contributed by atoms with E-state index in [2.05, 4.69) is 20.9 Å². The molecule has 154 valence electrons. The van der Waals surface area contributed by atoms with Crippen LogP contribution in [0.25, 0.3) is 11.1 Å². The second-order valence-corrected chi connectivity index (χ2v) is 7.43. The fourth-order valence-electron chi connectivity index (χ4n) is 2.86. The van der Waals surface area contributed by atoms with Crippen LogP contribution in [0.3, 0.4) is 0 Å². The minimum Gasteiger partial charge on any atom is -0.444 e. The van der Waals surface area contributed by atoms with Crippen molar-refractivity contribution < 1.29 is 9.53 Å². The largest absolute Gasteiger partial charge is 0.444 e. The minimum atomic E-state index is -0.485. The third kappa shape index (κ3) is 6.18. The predicted molar refractivity (Wildman–Crippen MR) is 114 cm³/mol. The highest BCUT2D eigenvalue weighted by atomic mass is 16.6. The van der Waals surface area contributed by atoms with Gasteiger partial charge in [-0.1, -0.05) is 13.8 Å². The van der Waals surface area contributed by atoms with Crippen molar-refractivity contribution in [2.75, 3.05) is 31.1 Å². The summed E-state index contributed by atoms with van der Waals surface area (Å²) in [6, 6.07) is 7.64. The monoisotopic (exact) mass is 395 g/mol. The van der Waals surface area contributed by atoms with E-state index >= 15 is 0 Å². The molecule has 1 fully saturated rings. The van der Waals surface area contributed by atoms with Crippen molar-refractivity contribution in [2.24, 2.45) is 0 Å². The Morgan fingerprint density at radius 3 is 2.31 bits per heavy atom. The molecule has 0 spiro atoms. The molecule has 2 aromatic heterocycles. The molecule has 1 amide bonds. The standard InChI is InChI=1S/C20H23N5O2.C2H6/c1-20(2,3)27-19(26)25-8-6-24(7-9-25)18-10-16(12-22-14-18)15-4-5-17(11-21)23-13-15;1-2/h4-5,10,12-14H,6-9H2,1-3H3;1-2H3. The Morgan fingerprint density at radius 1 is 1.07 bits per heavy atom. The van der Waals surface area contributed by atoms with E-state index in [0.29, 0.717) is 18.8 Å². The summed E-state index contributed by atoms with van der Waals surface area (Å²) in [4.78, 5) is 24.6. The average Bonchev–Trinajstić information content (AvgIpc) is 2.74. The summed E-state index contributed by atoms with van der Waals surface area (Å²) >= 11 is 0. The number of pyridine rings is 2. The molecule has 0 aromatic carbocycles. The maximum absolute atomic E-state index is 12.2. The summed E-state index contributed by atoms with van der Waals surface area (Å²) in [5, 5.41) is 8.87. The van der Waals surface area contributed by atoms with Crippen molar-refractivity contribution in [1.29, 1.82) is 5.26 Å². The summed E-state index contributed by atoms with van der Waals surface area (Å²) < 4.78 is 5.44. The van der Waals surface area contributed by atoms with Gasteiger partial charge in [-0.15, -0.1) is 0 Å². The number of aromatic nitrogens is 2. The molecule has 0 radical (unpaired) electrons. The van der Waals surface area contributed by atoms with Crippen molar-refractivity contribution in [1.82, 2.24) is 14.9 Å². The smallest absolute Gasteiger partial charge is 0.410 e. The number of amides is 1. The maximum atomic E-state index is 12.2. The number of nitrogens with zero attached hydrogens (tertiary/aromatic N) is 5. The number of hydrogen-bond acceptors (Lipinski definition) is 6. The van der Waals surface area contributed by atoms with Crippen molar-refractivity contribution in [2.45, 2.75) is 40.2 Å². The molecule has 0 atom stereocenters. The lowest BCUT2D eigenvalue weighted by molar-refractivity contribution is 0.0240. The Kier molecular flexibility index (Phi) is 7.54. The molecule has 1 aliphatic rings. The van der Waals surface area contributed by atoms with Gasteiger partial charge in [0, 0.05) is 49.7 Å². The van der Waals surface area contributed by atoms with Crippen LogP contribution >= 0.6 is 0 Å². The molecule has 2 aromatic rings. The van der Waals surface area contributed by atoms with Crippen LogP contribution in [0.15, 0.2) is 36.8 Å². The molecule has 29 heavy (non-hydrogen) atoms. The average molecular weight is 396 g/mol. The van der Waals surface area contributed by atoms with Crippen LogP contribution in [-0.4, -0.2) is 52.7 Å². The summed E-state index contributed by atoms with van der Waals surface area (Å²) in [5.41, 5.74) is 2.76. The van der Waals surface area contributed by atoms with Gasteiger partial charge >= 0.3 is 6.09 Å². The molecule has 0 saturated carbocycles. The number of ether oxygens (including phenoxy) is 1. The lowest BCUT2D eigenvalue weighted by atomic mass is 10.1.